The Hall–Kier alpha value is -1.35. The van der Waals surface area contributed by atoms with Gasteiger partial charge >= 0.3 is 0 Å². The highest BCUT2D eigenvalue weighted by atomic mass is 16.2. The van der Waals surface area contributed by atoms with Crippen molar-refractivity contribution in [2.24, 2.45) is 11.7 Å². The number of hydrogen-bond donors (Lipinski definition) is 1. The van der Waals surface area contributed by atoms with E-state index in [0.717, 1.165) is 16.8 Å². The lowest BCUT2D eigenvalue weighted by Gasteiger charge is -2.37. The molecular weight excluding hydrogens is 236 g/mol. The largest absolute Gasteiger partial charge is 0.330 e. The SMILES string of the molecule is Cc1cc(C)c(N2C(=O)CC(CN)C2(C)C)c(C)c1. The highest BCUT2D eigenvalue weighted by molar-refractivity contribution is 5.99. The lowest BCUT2D eigenvalue weighted by molar-refractivity contribution is -0.117. The number of rotatable bonds is 2. The van der Waals surface area contributed by atoms with Gasteiger partial charge in [0.05, 0.1) is 5.69 Å². The summed E-state index contributed by atoms with van der Waals surface area (Å²) in [6.45, 7) is 11.0. The lowest BCUT2D eigenvalue weighted by Crippen LogP contribution is -2.46. The normalized spacial score (nSPS) is 22.1. The molecule has 2 rings (SSSR count). The predicted molar refractivity (Wildman–Crippen MR) is 79.4 cm³/mol. The Balaban J connectivity index is 2.56. The van der Waals surface area contributed by atoms with Gasteiger partial charge in [0.15, 0.2) is 0 Å². The van der Waals surface area contributed by atoms with Crippen molar-refractivity contribution in [3.8, 4) is 0 Å². The summed E-state index contributed by atoms with van der Waals surface area (Å²) in [6, 6.07) is 4.28. The van der Waals surface area contributed by atoms with E-state index < -0.39 is 0 Å². The maximum Gasteiger partial charge on any atom is 0.227 e. The molecular formula is C16H24N2O. The van der Waals surface area contributed by atoms with Crippen LogP contribution in [0.2, 0.25) is 0 Å². The van der Waals surface area contributed by atoms with Gasteiger partial charge in [-0.1, -0.05) is 17.7 Å². The van der Waals surface area contributed by atoms with Gasteiger partial charge in [0.2, 0.25) is 5.91 Å². The fourth-order valence-corrected chi connectivity index (χ4v) is 3.37. The predicted octanol–water partition coefficient (Wildman–Crippen LogP) is 2.70. The van der Waals surface area contributed by atoms with Gasteiger partial charge < -0.3 is 10.6 Å². The first-order chi connectivity index (χ1) is 8.78. The molecule has 0 spiro atoms. The van der Waals surface area contributed by atoms with Crippen molar-refractivity contribution in [2.75, 3.05) is 11.4 Å². The summed E-state index contributed by atoms with van der Waals surface area (Å²) >= 11 is 0. The zero-order valence-electron chi connectivity index (χ0n) is 12.6. The van der Waals surface area contributed by atoms with Crippen molar-refractivity contribution in [1.29, 1.82) is 0 Å². The monoisotopic (exact) mass is 260 g/mol. The van der Waals surface area contributed by atoms with Crippen LogP contribution in [0.15, 0.2) is 12.1 Å². The third kappa shape index (κ3) is 2.16. The first-order valence-electron chi connectivity index (χ1n) is 6.90. The smallest absolute Gasteiger partial charge is 0.227 e. The van der Waals surface area contributed by atoms with E-state index in [-0.39, 0.29) is 17.4 Å². The topological polar surface area (TPSA) is 46.3 Å². The minimum absolute atomic E-state index is 0.190. The second-order valence-corrected chi connectivity index (χ2v) is 6.27. The third-order valence-corrected chi connectivity index (χ3v) is 4.39. The molecule has 19 heavy (non-hydrogen) atoms. The molecule has 3 nitrogen and oxygen atoms in total. The van der Waals surface area contributed by atoms with E-state index in [4.69, 9.17) is 5.73 Å². The molecule has 0 aliphatic carbocycles. The van der Waals surface area contributed by atoms with Crippen LogP contribution in [0.1, 0.15) is 37.0 Å². The van der Waals surface area contributed by atoms with Crippen LogP contribution in [0.4, 0.5) is 5.69 Å². The summed E-state index contributed by atoms with van der Waals surface area (Å²) in [5, 5.41) is 0. The van der Waals surface area contributed by atoms with Crippen molar-refractivity contribution in [3.05, 3.63) is 28.8 Å². The van der Waals surface area contributed by atoms with E-state index in [9.17, 15) is 4.79 Å². The lowest BCUT2D eigenvalue weighted by atomic mass is 9.87. The summed E-state index contributed by atoms with van der Waals surface area (Å²) in [4.78, 5) is 14.4. The molecule has 3 heteroatoms. The molecule has 1 atom stereocenters. The van der Waals surface area contributed by atoms with E-state index in [0.29, 0.717) is 13.0 Å². The number of anilines is 1. The van der Waals surface area contributed by atoms with Crippen LogP contribution in [0, 0.1) is 26.7 Å². The molecule has 2 N–H and O–H groups in total. The van der Waals surface area contributed by atoms with Crippen molar-refractivity contribution < 1.29 is 4.79 Å². The highest BCUT2D eigenvalue weighted by Gasteiger charge is 2.46. The van der Waals surface area contributed by atoms with Crippen molar-refractivity contribution in [3.63, 3.8) is 0 Å². The van der Waals surface area contributed by atoms with E-state index in [1.807, 2.05) is 4.90 Å². The molecule has 0 bridgehead atoms. The Labute approximate surface area is 115 Å². The number of nitrogens with zero attached hydrogens (tertiary/aromatic N) is 1. The minimum Gasteiger partial charge on any atom is -0.330 e. The highest BCUT2D eigenvalue weighted by Crippen LogP contribution is 2.41. The molecule has 1 saturated heterocycles. The number of carbonyl (C=O) groups is 1. The molecule has 0 radical (unpaired) electrons. The fourth-order valence-electron chi connectivity index (χ4n) is 3.37. The number of benzene rings is 1. The molecule has 1 aromatic carbocycles. The third-order valence-electron chi connectivity index (χ3n) is 4.39. The number of amides is 1. The van der Waals surface area contributed by atoms with Gasteiger partial charge in [-0.25, -0.2) is 0 Å². The number of aryl methyl sites for hydroxylation is 3. The van der Waals surface area contributed by atoms with Gasteiger partial charge in [0.25, 0.3) is 0 Å². The Morgan fingerprint density at radius 2 is 1.79 bits per heavy atom. The van der Waals surface area contributed by atoms with E-state index >= 15 is 0 Å². The van der Waals surface area contributed by atoms with Crippen LogP contribution in [-0.2, 0) is 4.79 Å². The first kappa shape index (κ1) is 14.1. The zero-order valence-corrected chi connectivity index (χ0v) is 12.6. The van der Waals surface area contributed by atoms with Gasteiger partial charge in [-0.15, -0.1) is 0 Å². The quantitative estimate of drug-likeness (QED) is 0.888. The van der Waals surface area contributed by atoms with Crippen molar-refractivity contribution >= 4 is 11.6 Å². The maximum absolute atomic E-state index is 12.4. The minimum atomic E-state index is -0.212. The molecule has 104 valence electrons. The molecule has 1 unspecified atom stereocenters. The average Bonchev–Trinajstić information content (AvgIpc) is 2.50. The van der Waals surface area contributed by atoms with Crippen LogP contribution < -0.4 is 10.6 Å². The van der Waals surface area contributed by atoms with E-state index in [1.165, 1.54) is 5.56 Å². The fraction of sp³-hybridized carbons (Fsp3) is 0.562. The first-order valence-corrected chi connectivity index (χ1v) is 6.90. The van der Waals surface area contributed by atoms with Crippen LogP contribution in [0.25, 0.3) is 0 Å². The summed E-state index contributed by atoms with van der Waals surface area (Å²) in [6.07, 6.45) is 0.552. The molecule has 1 aliphatic heterocycles. The summed E-state index contributed by atoms with van der Waals surface area (Å²) < 4.78 is 0. The summed E-state index contributed by atoms with van der Waals surface area (Å²) in [7, 11) is 0. The standard InChI is InChI=1S/C16H24N2O/c1-10-6-11(2)15(12(3)7-10)18-14(19)8-13(9-17)16(18,4)5/h6-7,13H,8-9,17H2,1-5H3. The summed E-state index contributed by atoms with van der Waals surface area (Å²) in [5.41, 5.74) is 10.2. The van der Waals surface area contributed by atoms with Gasteiger partial charge in [-0.2, -0.15) is 0 Å². The number of carbonyl (C=O) groups excluding carboxylic acids is 1. The van der Waals surface area contributed by atoms with Crippen LogP contribution >= 0.6 is 0 Å². The Bertz CT molecular complexity index is 496. The van der Waals surface area contributed by atoms with Crippen LogP contribution in [0.5, 0.6) is 0 Å². The van der Waals surface area contributed by atoms with Crippen molar-refractivity contribution in [2.45, 2.75) is 46.6 Å². The maximum atomic E-state index is 12.4. The van der Waals surface area contributed by atoms with E-state index in [1.54, 1.807) is 0 Å². The molecule has 1 heterocycles. The Kier molecular flexibility index (Phi) is 3.43. The van der Waals surface area contributed by atoms with Gasteiger partial charge in [-0.3, -0.25) is 4.79 Å². The Morgan fingerprint density at radius 1 is 1.26 bits per heavy atom. The second kappa shape index (κ2) is 4.64. The second-order valence-electron chi connectivity index (χ2n) is 6.27. The molecule has 1 aliphatic rings. The van der Waals surface area contributed by atoms with Gasteiger partial charge in [0.1, 0.15) is 0 Å². The van der Waals surface area contributed by atoms with Gasteiger partial charge in [-0.05, 0) is 52.3 Å². The molecule has 0 saturated carbocycles. The molecule has 0 aromatic heterocycles. The molecule has 1 fully saturated rings. The summed E-state index contributed by atoms with van der Waals surface area (Å²) in [5.74, 6) is 0.413. The van der Waals surface area contributed by atoms with Crippen LogP contribution in [0.3, 0.4) is 0 Å². The molecule has 1 aromatic rings. The van der Waals surface area contributed by atoms with E-state index in [2.05, 4.69) is 46.8 Å². The number of hydrogen-bond acceptors (Lipinski definition) is 2. The molecule has 1 amide bonds. The Morgan fingerprint density at radius 3 is 2.21 bits per heavy atom. The van der Waals surface area contributed by atoms with Crippen LogP contribution in [-0.4, -0.2) is 18.0 Å². The zero-order chi connectivity index (χ0) is 14.4. The number of nitrogens with two attached hydrogens (primary N) is 1. The van der Waals surface area contributed by atoms with Crippen molar-refractivity contribution in [1.82, 2.24) is 0 Å². The van der Waals surface area contributed by atoms with Gasteiger partial charge in [0, 0.05) is 17.9 Å². The average molecular weight is 260 g/mol.